The summed E-state index contributed by atoms with van der Waals surface area (Å²) in [6.45, 7) is -2.78. The standard InChI is InChI=1S/2C14H10F14N2O2.Ce/c2*15-9(16,11(19,20)13(23,24)25)7(31)1-3-29-5-6-30-4-2-8(32)10(17,18)12(21,22)14(26,27)28;/h2*1-4,31-32H,5-6H2;/q;;+4/p-4/b2*7-1-,8-2-,29-3?,30-4?;. The maximum atomic E-state index is 12.9. The van der Waals surface area contributed by atoms with Crippen molar-refractivity contribution in [2.45, 2.75) is 72.1 Å². The van der Waals surface area contributed by atoms with Crippen molar-refractivity contribution in [3.8, 4) is 0 Å². The Bertz CT molecular complexity index is 1530. The minimum absolute atomic E-state index is 0. The molecule has 0 aliphatic heterocycles. The van der Waals surface area contributed by atoms with Crippen LogP contribution in [0.3, 0.4) is 0 Å². The molecule has 0 amide bonds. The molecule has 0 atom stereocenters. The number of nitrogens with zero attached hydrogens (tertiary/aromatic N) is 4. The molecule has 0 radical (unpaired) electrons. The van der Waals surface area contributed by atoms with Crippen molar-refractivity contribution >= 4 is 24.9 Å². The molecule has 0 aromatic heterocycles. The van der Waals surface area contributed by atoms with E-state index in [1.807, 2.05) is 0 Å². The van der Waals surface area contributed by atoms with Gasteiger partial charge < -0.3 is 20.4 Å². The molecule has 0 aromatic carbocycles. The molecule has 0 rings (SSSR count). The normalized spacial score (nSPS) is 16.2. The van der Waals surface area contributed by atoms with Gasteiger partial charge in [0, 0.05) is 24.9 Å². The van der Waals surface area contributed by atoms with E-state index in [-0.39, 0.29) is 66.6 Å². The van der Waals surface area contributed by atoms with Crippen LogP contribution in [0.15, 0.2) is 67.3 Å². The second-order valence-electron chi connectivity index (χ2n) is 10.9. The predicted octanol–water partition coefficient (Wildman–Crippen LogP) is 6.56. The molecule has 0 spiro atoms. The SMILES string of the molecule is [Ce+4].[O-]/C(=C\C=NCCN=C/C=C(\[O-])C(F)(F)C(F)(F)C(F)(F)F)C(F)(F)C(F)(F)C(F)(F)F.[O-]/C(=C\C=NCCN=C/C=C(\[O-])C(F)(F)C(F)(F)C(F)(F)F)C(F)(F)C(F)(F)C(F)(F)F. The van der Waals surface area contributed by atoms with E-state index in [2.05, 4.69) is 20.0 Å². The monoisotopic (exact) mass is 1140 g/mol. The van der Waals surface area contributed by atoms with Crippen LogP contribution in [0.5, 0.6) is 0 Å². The number of allylic oxidation sites excluding steroid dienone is 8. The summed E-state index contributed by atoms with van der Waals surface area (Å²) in [5.41, 5.74) is 0. The van der Waals surface area contributed by atoms with Crippen LogP contribution in [0.2, 0.25) is 0 Å². The topological polar surface area (TPSA) is 142 Å². The van der Waals surface area contributed by atoms with E-state index in [0.29, 0.717) is 0 Å². The molecule has 8 nitrogen and oxygen atoms in total. The summed E-state index contributed by atoms with van der Waals surface area (Å²) < 4.78 is 347. The second kappa shape index (κ2) is 22.8. The van der Waals surface area contributed by atoms with E-state index in [1.165, 1.54) is 0 Å². The van der Waals surface area contributed by atoms with E-state index >= 15 is 0 Å². The number of hydrogen-bond donors (Lipinski definition) is 0. The molecule has 0 saturated heterocycles. The first-order chi connectivity index (χ1) is 28.1. The van der Waals surface area contributed by atoms with Gasteiger partial charge in [-0.2, -0.15) is 123 Å². The molecule has 0 aromatic rings. The van der Waals surface area contributed by atoms with Crippen molar-refractivity contribution in [1.29, 1.82) is 0 Å². The van der Waals surface area contributed by atoms with Crippen molar-refractivity contribution in [2.24, 2.45) is 20.0 Å². The van der Waals surface area contributed by atoms with Crippen LogP contribution in [0.4, 0.5) is 123 Å². The van der Waals surface area contributed by atoms with Gasteiger partial charge in [-0.3, -0.25) is 20.0 Å². The van der Waals surface area contributed by atoms with Crippen LogP contribution in [0, 0.1) is 41.7 Å². The molecule has 0 unspecified atom stereocenters. The smallest absolute Gasteiger partial charge is 0.871 e. The largest absolute Gasteiger partial charge is 4.00 e. The molecular formula is C28H16CeF28N4O4. The number of halogens is 28. The molecule has 0 N–H and O–H groups in total. The van der Waals surface area contributed by atoms with Gasteiger partial charge in [-0.1, -0.05) is 47.3 Å². The van der Waals surface area contributed by atoms with Crippen molar-refractivity contribution in [1.82, 2.24) is 0 Å². The predicted molar refractivity (Wildman–Crippen MR) is 150 cm³/mol. The average Bonchev–Trinajstić information content (AvgIpc) is 3.11. The molecule has 65 heavy (non-hydrogen) atoms. The molecule has 0 aliphatic carbocycles. The number of alkyl halides is 28. The van der Waals surface area contributed by atoms with Crippen LogP contribution in [-0.4, -0.2) is 123 Å². The van der Waals surface area contributed by atoms with Gasteiger partial charge in [0.2, 0.25) is 0 Å². The Morgan fingerprint density at radius 1 is 0.277 bits per heavy atom. The van der Waals surface area contributed by atoms with Gasteiger partial charge in [-0.15, -0.1) is 0 Å². The molecule has 0 bridgehead atoms. The van der Waals surface area contributed by atoms with Crippen molar-refractivity contribution in [3.05, 3.63) is 47.3 Å². The fraction of sp³-hybridized carbons (Fsp3) is 0.571. The van der Waals surface area contributed by atoms with Gasteiger partial charge in [0.1, 0.15) is 0 Å². The van der Waals surface area contributed by atoms with Crippen LogP contribution in [0.25, 0.3) is 0 Å². The van der Waals surface area contributed by atoms with E-state index in [4.69, 9.17) is 0 Å². The Kier molecular flexibility index (Phi) is 23.0. The minimum atomic E-state index is -6.75. The van der Waals surface area contributed by atoms with Crippen LogP contribution >= 0.6 is 0 Å². The van der Waals surface area contributed by atoms with Gasteiger partial charge in [0.25, 0.3) is 0 Å². The summed E-state index contributed by atoms with van der Waals surface area (Å²) in [6, 6.07) is 0. The third kappa shape index (κ3) is 15.7. The summed E-state index contributed by atoms with van der Waals surface area (Å²) in [6.07, 6.45) is -28.5. The maximum absolute atomic E-state index is 12.9. The van der Waals surface area contributed by atoms with Gasteiger partial charge in [-0.25, -0.2) is 0 Å². The van der Waals surface area contributed by atoms with Crippen molar-refractivity contribution < 1.29 is 185 Å². The Balaban J connectivity index is -0.00000116. The first-order valence-electron chi connectivity index (χ1n) is 14.9. The van der Waals surface area contributed by atoms with Crippen molar-refractivity contribution in [3.63, 3.8) is 0 Å². The summed E-state index contributed by atoms with van der Waals surface area (Å²) in [5.74, 6) is -63.4. The third-order valence-corrected chi connectivity index (χ3v) is 6.28. The second-order valence-corrected chi connectivity index (χ2v) is 10.9. The molecular weight excluding hydrogens is 1130 g/mol. The zero-order chi connectivity index (χ0) is 51.6. The zero-order valence-corrected chi connectivity index (χ0v) is 33.1. The molecule has 0 aliphatic rings. The van der Waals surface area contributed by atoms with Gasteiger partial charge in [0.05, 0.1) is 26.2 Å². The molecule has 0 fully saturated rings. The van der Waals surface area contributed by atoms with E-state index in [1.54, 1.807) is 0 Å². The summed E-state index contributed by atoms with van der Waals surface area (Å²) in [7, 11) is 0. The summed E-state index contributed by atoms with van der Waals surface area (Å²) in [4.78, 5) is 12.1. The fourth-order valence-corrected chi connectivity index (χ4v) is 2.76. The molecule has 0 saturated carbocycles. The average molecular weight is 1140 g/mol. The minimum Gasteiger partial charge on any atom is -0.871 e. The van der Waals surface area contributed by atoms with E-state index in [9.17, 15) is 143 Å². The Morgan fingerprint density at radius 3 is 0.508 bits per heavy atom. The Morgan fingerprint density at radius 2 is 0.400 bits per heavy atom. The molecule has 0 heterocycles. The van der Waals surface area contributed by atoms with Crippen LogP contribution in [0.1, 0.15) is 0 Å². The Hall–Kier alpha value is -3.74. The third-order valence-electron chi connectivity index (χ3n) is 6.28. The number of rotatable bonds is 18. The number of aliphatic imine (C=N–C) groups is 4. The maximum Gasteiger partial charge on any atom is 4.00 e. The van der Waals surface area contributed by atoms with Crippen LogP contribution in [-0.2, 0) is 0 Å². The Labute approximate surface area is 374 Å². The van der Waals surface area contributed by atoms with Gasteiger partial charge in [-0.05, 0) is 0 Å². The van der Waals surface area contributed by atoms with Crippen LogP contribution < -0.4 is 20.4 Å². The van der Waals surface area contributed by atoms with Gasteiger partial charge >= 0.3 is 114 Å². The number of hydrogen-bond acceptors (Lipinski definition) is 8. The fourth-order valence-electron chi connectivity index (χ4n) is 2.76. The molecule has 372 valence electrons. The van der Waals surface area contributed by atoms with E-state index < -0.39 is 146 Å². The summed E-state index contributed by atoms with van der Waals surface area (Å²) in [5, 5.41) is 43.4. The van der Waals surface area contributed by atoms with E-state index in [0.717, 1.165) is 0 Å². The quantitative estimate of drug-likeness (QED) is 0.0664. The summed E-state index contributed by atoms with van der Waals surface area (Å²) >= 11 is 0. The first kappa shape index (κ1) is 65.5. The zero-order valence-electron chi connectivity index (χ0n) is 30.0. The molecule has 37 heteroatoms. The first-order valence-corrected chi connectivity index (χ1v) is 14.9. The van der Waals surface area contributed by atoms with Crippen molar-refractivity contribution in [2.75, 3.05) is 26.2 Å². The van der Waals surface area contributed by atoms with Gasteiger partial charge in [0.15, 0.2) is 0 Å².